The van der Waals surface area contributed by atoms with E-state index in [0.29, 0.717) is 17.5 Å². The predicted octanol–water partition coefficient (Wildman–Crippen LogP) is 4.43. The first-order valence-corrected chi connectivity index (χ1v) is 12.0. The molecule has 0 aliphatic carbocycles. The van der Waals surface area contributed by atoms with Gasteiger partial charge in [0.05, 0.1) is 32.3 Å². The molecule has 7 nitrogen and oxygen atoms in total. The fourth-order valence-electron chi connectivity index (χ4n) is 4.78. The summed E-state index contributed by atoms with van der Waals surface area (Å²) >= 11 is 1.74. The zero-order valence-corrected chi connectivity index (χ0v) is 19.0. The minimum Gasteiger partial charge on any atom is -0.493 e. The molecule has 4 heterocycles. The number of ether oxygens (including phenoxy) is 2. The highest BCUT2D eigenvalue weighted by atomic mass is 32.1. The second-order valence-electron chi connectivity index (χ2n) is 8.23. The lowest BCUT2D eigenvalue weighted by Crippen LogP contribution is -2.31. The number of hydrogen-bond donors (Lipinski definition) is 0. The lowest BCUT2D eigenvalue weighted by atomic mass is 10.1. The van der Waals surface area contributed by atoms with E-state index in [-0.39, 0.29) is 0 Å². The zero-order valence-electron chi connectivity index (χ0n) is 18.2. The molecular formula is C23H29N5O2S. The summed E-state index contributed by atoms with van der Waals surface area (Å²) in [6.07, 6.45) is 7.91. The van der Waals surface area contributed by atoms with Crippen LogP contribution in [0.5, 0.6) is 11.5 Å². The van der Waals surface area contributed by atoms with Crippen molar-refractivity contribution in [3.8, 4) is 11.5 Å². The van der Waals surface area contributed by atoms with Crippen LogP contribution in [-0.4, -0.2) is 53.7 Å². The maximum absolute atomic E-state index is 5.57. The van der Waals surface area contributed by atoms with Crippen molar-refractivity contribution in [2.24, 2.45) is 0 Å². The maximum Gasteiger partial charge on any atom is 0.162 e. The minimum atomic E-state index is 0.364. The Hall–Kier alpha value is -2.45. The third-order valence-electron chi connectivity index (χ3n) is 6.33. The molecule has 1 unspecified atom stereocenters. The fourth-order valence-corrected chi connectivity index (χ4v) is 5.59. The summed E-state index contributed by atoms with van der Waals surface area (Å²) < 4.78 is 11.1. The van der Waals surface area contributed by atoms with Gasteiger partial charge in [0.1, 0.15) is 16.6 Å². The number of anilines is 1. The predicted molar refractivity (Wildman–Crippen MR) is 123 cm³/mol. The monoisotopic (exact) mass is 439 g/mol. The standard InChI is InChI=1S/C23H29N5O2S/c1-29-19-13-16-17(14-20(19)30-2)25-21(26-22(16)27-9-4-3-5-10-27)15-28-11-6-7-18(28)23-24-8-12-31-23/h8,12-14,18H,3-7,9-11,15H2,1-2H3. The number of methoxy groups -OCH3 is 2. The molecule has 0 saturated carbocycles. The van der Waals surface area contributed by atoms with Gasteiger partial charge in [0, 0.05) is 36.1 Å². The Morgan fingerprint density at radius 1 is 1.00 bits per heavy atom. The molecule has 5 rings (SSSR count). The topological polar surface area (TPSA) is 63.6 Å². The highest BCUT2D eigenvalue weighted by Crippen LogP contribution is 2.37. The van der Waals surface area contributed by atoms with E-state index < -0.39 is 0 Å². The molecule has 1 aromatic carbocycles. The molecule has 2 aliphatic heterocycles. The number of aromatic nitrogens is 3. The van der Waals surface area contributed by atoms with E-state index in [4.69, 9.17) is 19.4 Å². The van der Waals surface area contributed by atoms with E-state index in [9.17, 15) is 0 Å². The highest BCUT2D eigenvalue weighted by molar-refractivity contribution is 7.09. The molecule has 2 saturated heterocycles. The van der Waals surface area contributed by atoms with Crippen LogP contribution in [0.15, 0.2) is 23.7 Å². The molecule has 2 aromatic heterocycles. The lowest BCUT2D eigenvalue weighted by molar-refractivity contribution is 0.242. The van der Waals surface area contributed by atoms with Crippen LogP contribution < -0.4 is 14.4 Å². The Balaban J connectivity index is 1.54. The molecule has 2 fully saturated rings. The minimum absolute atomic E-state index is 0.364. The van der Waals surface area contributed by atoms with E-state index in [1.54, 1.807) is 25.6 Å². The smallest absolute Gasteiger partial charge is 0.162 e. The van der Waals surface area contributed by atoms with Crippen LogP contribution in [0.3, 0.4) is 0 Å². The average molecular weight is 440 g/mol. The number of thiazole rings is 1. The lowest BCUT2D eigenvalue weighted by Gasteiger charge is -2.29. The Morgan fingerprint density at radius 3 is 2.55 bits per heavy atom. The molecule has 2 aliphatic rings. The van der Waals surface area contributed by atoms with Crippen LogP contribution in [0.1, 0.15) is 49.0 Å². The van der Waals surface area contributed by atoms with Crippen LogP contribution in [-0.2, 0) is 6.54 Å². The van der Waals surface area contributed by atoms with Crippen LogP contribution in [0.4, 0.5) is 5.82 Å². The third-order valence-corrected chi connectivity index (χ3v) is 7.20. The molecule has 0 amide bonds. The normalized spacial score (nSPS) is 19.8. The van der Waals surface area contributed by atoms with E-state index in [2.05, 4.69) is 20.2 Å². The third kappa shape index (κ3) is 4.06. The summed E-state index contributed by atoms with van der Waals surface area (Å²) in [5.41, 5.74) is 0.910. The number of benzene rings is 1. The molecule has 0 N–H and O–H groups in total. The molecule has 0 radical (unpaired) electrons. The second-order valence-corrected chi connectivity index (χ2v) is 9.16. The number of likely N-dealkylation sites (tertiary alicyclic amines) is 1. The van der Waals surface area contributed by atoms with Gasteiger partial charge in [-0.2, -0.15) is 0 Å². The van der Waals surface area contributed by atoms with Gasteiger partial charge in [-0.3, -0.25) is 4.90 Å². The van der Waals surface area contributed by atoms with Crippen molar-refractivity contribution in [1.29, 1.82) is 0 Å². The van der Waals surface area contributed by atoms with E-state index >= 15 is 0 Å². The Kier molecular flexibility index (Phi) is 5.91. The van der Waals surface area contributed by atoms with Crippen LogP contribution in [0.2, 0.25) is 0 Å². The summed E-state index contributed by atoms with van der Waals surface area (Å²) in [5, 5.41) is 4.29. The summed E-state index contributed by atoms with van der Waals surface area (Å²) in [5.74, 6) is 3.30. The van der Waals surface area contributed by atoms with Gasteiger partial charge < -0.3 is 14.4 Å². The fraction of sp³-hybridized carbons (Fsp3) is 0.522. The van der Waals surface area contributed by atoms with Gasteiger partial charge in [-0.25, -0.2) is 15.0 Å². The van der Waals surface area contributed by atoms with Crippen molar-refractivity contribution in [1.82, 2.24) is 19.9 Å². The Bertz CT molecular complexity index is 1040. The maximum atomic E-state index is 5.57. The largest absolute Gasteiger partial charge is 0.493 e. The summed E-state index contributed by atoms with van der Waals surface area (Å²) in [6, 6.07) is 4.37. The first kappa shape index (κ1) is 20.5. The molecule has 8 heteroatoms. The van der Waals surface area contributed by atoms with Gasteiger partial charge in [-0.05, 0) is 44.7 Å². The molecule has 1 atom stereocenters. The highest BCUT2D eigenvalue weighted by Gasteiger charge is 2.29. The number of fused-ring (bicyclic) bond motifs is 1. The van der Waals surface area contributed by atoms with Gasteiger partial charge in [0.2, 0.25) is 0 Å². The van der Waals surface area contributed by atoms with Crippen LogP contribution in [0.25, 0.3) is 10.9 Å². The number of rotatable bonds is 6. The van der Waals surface area contributed by atoms with Gasteiger partial charge in [0.25, 0.3) is 0 Å². The van der Waals surface area contributed by atoms with Crippen molar-refractivity contribution in [3.05, 3.63) is 34.5 Å². The Labute approximate surface area is 187 Å². The SMILES string of the molecule is COc1cc2nc(CN3CCCC3c3nccs3)nc(N3CCCCC3)c2cc1OC. The van der Waals surface area contributed by atoms with E-state index in [1.165, 1.54) is 30.7 Å². The van der Waals surface area contributed by atoms with Gasteiger partial charge >= 0.3 is 0 Å². The van der Waals surface area contributed by atoms with Crippen LogP contribution >= 0.6 is 11.3 Å². The van der Waals surface area contributed by atoms with Crippen LogP contribution in [0, 0.1) is 0 Å². The number of piperidine rings is 1. The summed E-state index contributed by atoms with van der Waals surface area (Å²) in [6.45, 7) is 3.85. The van der Waals surface area contributed by atoms with Gasteiger partial charge in [0.15, 0.2) is 11.5 Å². The molecular weight excluding hydrogens is 410 g/mol. The first-order valence-electron chi connectivity index (χ1n) is 11.1. The quantitative estimate of drug-likeness (QED) is 0.563. The summed E-state index contributed by atoms with van der Waals surface area (Å²) in [4.78, 5) is 19.5. The number of hydrogen-bond acceptors (Lipinski definition) is 8. The van der Waals surface area contributed by atoms with Crippen molar-refractivity contribution >= 4 is 28.1 Å². The van der Waals surface area contributed by atoms with Crippen molar-refractivity contribution < 1.29 is 9.47 Å². The molecule has 0 bridgehead atoms. The van der Waals surface area contributed by atoms with Gasteiger partial charge in [-0.15, -0.1) is 11.3 Å². The molecule has 164 valence electrons. The summed E-state index contributed by atoms with van der Waals surface area (Å²) in [7, 11) is 3.34. The second kappa shape index (κ2) is 8.96. The molecule has 0 spiro atoms. The van der Waals surface area contributed by atoms with Gasteiger partial charge in [-0.1, -0.05) is 0 Å². The first-order chi connectivity index (χ1) is 15.3. The van der Waals surface area contributed by atoms with Crippen molar-refractivity contribution in [2.45, 2.75) is 44.7 Å². The average Bonchev–Trinajstić information content (AvgIpc) is 3.50. The van der Waals surface area contributed by atoms with Crippen molar-refractivity contribution in [3.63, 3.8) is 0 Å². The Morgan fingerprint density at radius 2 is 1.81 bits per heavy atom. The number of nitrogens with zero attached hydrogens (tertiary/aromatic N) is 5. The zero-order chi connectivity index (χ0) is 21.2. The van der Waals surface area contributed by atoms with Crippen molar-refractivity contribution in [2.75, 3.05) is 38.8 Å². The van der Waals surface area contributed by atoms with E-state index in [0.717, 1.165) is 55.1 Å². The molecule has 3 aromatic rings. The molecule has 31 heavy (non-hydrogen) atoms. The van der Waals surface area contributed by atoms with E-state index in [1.807, 2.05) is 18.3 Å².